The Bertz CT molecular complexity index is 713. The molecule has 0 atom stereocenters. The fourth-order valence-corrected chi connectivity index (χ4v) is 2.12. The lowest BCUT2D eigenvalue weighted by Crippen LogP contribution is -2.04. The van der Waals surface area contributed by atoms with E-state index in [1.807, 2.05) is 42.5 Å². The van der Waals surface area contributed by atoms with Crippen LogP contribution in [0, 0.1) is 0 Å². The van der Waals surface area contributed by atoms with E-state index in [9.17, 15) is 4.79 Å². The smallest absolute Gasteiger partial charge is 0.363 e. The summed E-state index contributed by atoms with van der Waals surface area (Å²) in [6.45, 7) is 2.11. The van der Waals surface area contributed by atoms with Crippen molar-refractivity contribution >= 4 is 17.9 Å². The Kier molecular flexibility index (Phi) is 3.65. The molecule has 2 aromatic carbocycles. The number of nitrogens with zero attached hydrogens (tertiary/aromatic N) is 1. The van der Waals surface area contributed by atoms with Gasteiger partial charge in [-0.1, -0.05) is 49.4 Å². The van der Waals surface area contributed by atoms with Gasteiger partial charge in [0.25, 0.3) is 0 Å². The van der Waals surface area contributed by atoms with E-state index in [1.54, 1.807) is 6.08 Å². The minimum Gasteiger partial charge on any atom is -0.402 e. The minimum absolute atomic E-state index is 0.332. The van der Waals surface area contributed by atoms with Gasteiger partial charge in [-0.2, -0.15) is 0 Å². The molecule has 3 nitrogen and oxygen atoms in total. The Labute approximate surface area is 123 Å². The molecule has 21 heavy (non-hydrogen) atoms. The Hall–Kier alpha value is -2.68. The van der Waals surface area contributed by atoms with Crippen molar-refractivity contribution in [3.05, 3.63) is 77.0 Å². The van der Waals surface area contributed by atoms with Crippen LogP contribution in [0.5, 0.6) is 0 Å². The molecule has 1 aliphatic heterocycles. The van der Waals surface area contributed by atoms with Crippen LogP contribution in [-0.4, -0.2) is 11.9 Å². The van der Waals surface area contributed by atoms with Gasteiger partial charge in [0.15, 0.2) is 5.70 Å². The van der Waals surface area contributed by atoms with Crippen LogP contribution in [-0.2, 0) is 16.0 Å². The number of rotatable bonds is 3. The molecular formula is C18H15NO2. The van der Waals surface area contributed by atoms with Gasteiger partial charge in [-0.15, -0.1) is 0 Å². The van der Waals surface area contributed by atoms with Crippen molar-refractivity contribution in [3.8, 4) is 0 Å². The van der Waals surface area contributed by atoms with Crippen LogP contribution in [0.3, 0.4) is 0 Å². The topological polar surface area (TPSA) is 38.7 Å². The van der Waals surface area contributed by atoms with Gasteiger partial charge in [0.1, 0.15) is 0 Å². The third-order valence-electron chi connectivity index (χ3n) is 3.33. The number of hydrogen-bond acceptors (Lipinski definition) is 3. The van der Waals surface area contributed by atoms with Crippen LogP contribution in [0.25, 0.3) is 6.08 Å². The van der Waals surface area contributed by atoms with Crippen LogP contribution in [0.15, 0.2) is 65.3 Å². The molecule has 0 fully saturated rings. The highest BCUT2D eigenvalue weighted by Gasteiger charge is 2.23. The number of ether oxygens (including phenoxy) is 1. The highest BCUT2D eigenvalue weighted by Crippen LogP contribution is 2.19. The van der Waals surface area contributed by atoms with Crippen LogP contribution in [0.2, 0.25) is 0 Å². The Balaban J connectivity index is 1.89. The Morgan fingerprint density at radius 2 is 1.76 bits per heavy atom. The zero-order chi connectivity index (χ0) is 14.7. The molecule has 1 aliphatic rings. The first-order valence-electron chi connectivity index (χ1n) is 6.93. The Morgan fingerprint density at radius 3 is 2.43 bits per heavy atom. The van der Waals surface area contributed by atoms with E-state index in [2.05, 4.69) is 24.0 Å². The predicted octanol–water partition coefficient (Wildman–Crippen LogP) is 3.59. The first kappa shape index (κ1) is 13.3. The number of esters is 1. The van der Waals surface area contributed by atoms with Gasteiger partial charge in [0.05, 0.1) is 0 Å². The molecule has 0 spiro atoms. The largest absolute Gasteiger partial charge is 0.402 e. The standard InChI is InChI=1S/C18H15NO2/c1-2-13-8-10-14(11-9-13)12-16-18(20)21-17(19-16)15-6-4-3-5-7-15/h3-12H,2H2,1H3. The molecule has 1 heterocycles. The Morgan fingerprint density at radius 1 is 1.05 bits per heavy atom. The van der Waals surface area contributed by atoms with Crippen molar-refractivity contribution in [2.24, 2.45) is 4.99 Å². The molecule has 0 aromatic heterocycles. The quantitative estimate of drug-likeness (QED) is 0.635. The summed E-state index contributed by atoms with van der Waals surface area (Å²) in [4.78, 5) is 16.2. The van der Waals surface area contributed by atoms with E-state index in [0.717, 1.165) is 17.5 Å². The summed E-state index contributed by atoms with van der Waals surface area (Å²) in [5, 5.41) is 0. The first-order chi connectivity index (χ1) is 10.3. The third kappa shape index (κ3) is 2.92. The number of aliphatic imine (C=N–C) groups is 1. The fraction of sp³-hybridized carbons (Fsp3) is 0.111. The van der Waals surface area contributed by atoms with Gasteiger partial charge in [0, 0.05) is 5.56 Å². The minimum atomic E-state index is -0.409. The summed E-state index contributed by atoms with van der Waals surface area (Å²) >= 11 is 0. The van der Waals surface area contributed by atoms with Gasteiger partial charge in [-0.05, 0) is 35.8 Å². The van der Waals surface area contributed by atoms with Crippen molar-refractivity contribution < 1.29 is 9.53 Å². The number of benzene rings is 2. The van der Waals surface area contributed by atoms with Crippen LogP contribution in [0.4, 0.5) is 0 Å². The van der Waals surface area contributed by atoms with Gasteiger partial charge >= 0.3 is 5.97 Å². The number of hydrogen-bond donors (Lipinski definition) is 0. The molecule has 0 unspecified atom stereocenters. The van der Waals surface area contributed by atoms with E-state index >= 15 is 0 Å². The van der Waals surface area contributed by atoms with E-state index in [-0.39, 0.29) is 0 Å². The van der Waals surface area contributed by atoms with E-state index in [4.69, 9.17) is 4.74 Å². The molecule has 2 aromatic rings. The number of aryl methyl sites for hydroxylation is 1. The second-order valence-corrected chi connectivity index (χ2v) is 4.80. The molecular weight excluding hydrogens is 262 g/mol. The fourth-order valence-electron chi connectivity index (χ4n) is 2.12. The second-order valence-electron chi connectivity index (χ2n) is 4.80. The van der Waals surface area contributed by atoms with Crippen molar-refractivity contribution in [1.29, 1.82) is 0 Å². The zero-order valence-electron chi connectivity index (χ0n) is 11.7. The first-order valence-corrected chi connectivity index (χ1v) is 6.93. The molecule has 104 valence electrons. The predicted molar refractivity (Wildman–Crippen MR) is 82.9 cm³/mol. The summed E-state index contributed by atoms with van der Waals surface area (Å²) in [5.41, 5.74) is 3.34. The summed E-state index contributed by atoms with van der Waals surface area (Å²) in [5.74, 6) is -0.0505. The third-order valence-corrected chi connectivity index (χ3v) is 3.33. The molecule has 0 bridgehead atoms. The average Bonchev–Trinajstić information content (AvgIpc) is 2.90. The second kappa shape index (κ2) is 5.75. The van der Waals surface area contributed by atoms with Gasteiger partial charge in [-0.25, -0.2) is 9.79 Å². The molecule has 0 saturated carbocycles. The molecule has 0 N–H and O–H groups in total. The van der Waals surface area contributed by atoms with Gasteiger partial charge in [0.2, 0.25) is 5.90 Å². The molecule has 0 amide bonds. The van der Waals surface area contributed by atoms with Crippen LogP contribution < -0.4 is 0 Å². The molecule has 0 aliphatic carbocycles. The zero-order valence-corrected chi connectivity index (χ0v) is 11.7. The monoisotopic (exact) mass is 277 g/mol. The molecule has 0 saturated heterocycles. The maximum atomic E-state index is 11.9. The lowest BCUT2D eigenvalue weighted by atomic mass is 10.1. The van der Waals surface area contributed by atoms with Crippen molar-refractivity contribution in [1.82, 2.24) is 0 Å². The lowest BCUT2D eigenvalue weighted by Gasteiger charge is -1.97. The van der Waals surface area contributed by atoms with Gasteiger partial charge in [-0.3, -0.25) is 0 Å². The maximum Gasteiger partial charge on any atom is 0.363 e. The van der Waals surface area contributed by atoms with E-state index in [1.165, 1.54) is 5.56 Å². The summed E-state index contributed by atoms with van der Waals surface area (Å²) in [6, 6.07) is 17.5. The molecule has 3 rings (SSSR count). The highest BCUT2D eigenvalue weighted by molar-refractivity contribution is 6.12. The number of carbonyl (C=O) groups excluding carboxylic acids is 1. The normalized spacial score (nSPS) is 16.0. The average molecular weight is 277 g/mol. The van der Waals surface area contributed by atoms with Crippen molar-refractivity contribution in [2.75, 3.05) is 0 Å². The summed E-state index contributed by atoms with van der Waals surface area (Å²) in [7, 11) is 0. The number of cyclic esters (lactones) is 1. The summed E-state index contributed by atoms with van der Waals surface area (Å²) in [6.07, 6.45) is 2.74. The molecule has 0 radical (unpaired) electrons. The van der Waals surface area contributed by atoms with E-state index in [0.29, 0.717) is 11.6 Å². The van der Waals surface area contributed by atoms with Crippen LogP contribution >= 0.6 is 0 Å². The van der Waals surface area contributed by atoms with Crippen molar-refractivity contribution in [2.45, 2.75) is 13.3 Å². The van der Waals surface area contributed by atoms with Crippen molar-refractivity contribution in [3.63, 3.8) is 0 Å². The van der Waals surface area contributed by atoms with E-state index < -0.39 is 5.97 Å². The maximum absolute atomic E-state index is 11.9. The number of carbonyl (C=O) groups is 1. The van der Waals surface area contributed by atoms with Crippen LogP contribution in [0.1, 0.15) is 23.6 Å². The lowest BCUT2D eigenvalue weighted by molar-refractivity contribution is -0.129. The van der Waals surface area contributed by atoms with Gasteiger partial charge < -0.3 is 4.74 Å². The summed E-state index contributed by atoms with van der Waals surface area (Å²) < 4.78 is 5.22. The SMILES string of the molecule is CCc1ccc(C=C2N=C(c3ccccc3)OC2=O)cc1. The molecule has 3 heteroatoms. The highest BCUT2D eigenvalue weighted by atomic mass is 16.6.